The molecule has 86 valence electrons. The van der Waals surface area contributed by atoms with Crippen LogP contribution in [0.15, 0.2) is 0 Å². The Morgan fingerprint density at radius 2 is 1.50 bits per heavy atom. The summed E-state index contributed by atoms with van der Waals surface area (Å²) in [7, 11) is 0. The number of nitrogens with two attached hydrogens (primary N) is 2. The molecule has 1 aliphatic carbocycles. The summed E-state index contributed by atoms with van der Waals surface area (Å²) in [5.41, 5.74) is 10.1. The van der Waals surface area contributed by atoms with E-state index in [4.69, 9.17) is 5.73 Å². The molecular formula is C9H19F3N2. The van der Waals surface area contributed by atoms with Gasteiger partial charge in [0, 0.05) is 6.04 Å². The van der Waals surface area contributed by atoms with Crippen LogP contribution >= 0.6 is 0 Å². The van der Waals surface area contributed by atoms with Gasteiger partial charge in [-0.3, -0.25) is 0 Å². The molecule has 1 unspecified atom stereocenters. The molecule has 1 rings (SSSR count). The van der Waals surface area contributed by atoms with E-state index in [1.807, 2.05) is 0 Å². The highest BCUT2D eigenvalue weighted by atomic mass is 19.4. The Hall–Kier alpha value is -0.290. The van der Waals surface area contributed by atoms with Crippen LogP contribution in [0.5, 0.6) is 0 Å². The van der Waals surface area contributed by atoms with Crippen molar-refractivity contribution in [2.45, 2.75) is 57.3 Å². The Morgan fingerprint density at radius 3 is 1.64 bits per heavy atom. The van der Waals surface area contributed by atoms with Crippen molar-refractivity contribution in [3.8, 4) is 0 Å². The maximum Gasteiger partial charge on any atom is 0.403 e. The van der Waals surface area contributed by atoms with Crippen molar-refractivity contribution in [2.24, 2.45) is 11.5 Å². The van der Waals surface area contributed by atoms with Gasteiger partial charge in [-0.15, -0.1) is 0 Å². The number of alkyl halides is 3. The zero-order chi connectivity index (χ0) is 11.2. The summed E-state index contributed by atoms with van der Waals surface area (Å²) in [5, 5.41) is 0. The average molecular weight is 212 g/mol. The quantitative estimate of drug-likeness (QED) is 0.646. The standard InChI is InChI=1S/C6H13N.C3H6F3N/c7-6-4-2-1-3-5-6;1-2(7)3(4,5)6/h6H,1-5,7H2;2H,7H2,1H3. The molecule has 0 aromatic carbocycles. The lowest BCUT2D eigenvalue weighted by molar-refractivity contribution is -0.143. The summed E-state index contributed by atoms with van der Waals surface area (Å²) in [6.45, 7) is 0.903. The van der Waals surface area contributed by atoms with Crippen molar-refractivity contribution in [1.82, 2.24) is 0 Å². The molecule has 0 aromatic heterocycles. The van der Waals surface area contributed by atoms with E-state index in [0.717, 1.165) is 6.92 Å². The number of rotatable bonds is 0. The third kappa shape index (κ3) is 7.15. The van der Waals surface area contributed by atoms with Crippen molar-refractivity contribution in [1.29, 1.82) is 0 Å². The molecule has 0 aromatic rings. The lowest BCUT2D eigenvalue weighted by Gasteiger charge is -2.15. The Bertz CT molecular complexity index is 139. The molecule has 0 radical (unpaired) electrons. The first-order chi connectivity index (χ1) is 6.34. The number of hydrogen-bond acceptors (Lipinski definition) is 2. The van der Waals surface area contributed by atoms with Crippen LogP contribution in [0.25, 0.3) is 0 Å². The summed E-state index contributed by atoms with van der Waals surface area (Å²) in [5.74, 6) is 0. The molecule has 0 spiro atoms. The van der Waals surface area contributed by atoms with Gasteiger partial charge in [-0.05, 0) is 19.8 Å². The molecule has 4 N–H and O–H groups in total. The van der Waals surface area contributed by atoms with E-state index >= 15 is 0 Å². The molecule has 1 aliphatic rings. The highest BCUT2D eigenvalue weighted by Crippen LogP contribution is 2.17. The summed E-state index contributed by atoms with van der Waals surface area (Å²) in [6.07, 6.45) is 2.44. The van der Waals surface area contributed by atoms with Crippen LogP contribution in [0, 0.1) is 0 Å². The van der Waals surface area contributed by atoms with Gasteiger partial charge in [0.25, 0.3) is 0 Å². The maximum absolute atomic E-state index is 11.1. The minimum Gasteiger partial charge on any atom is -0.328 e. The molecule has 1 fully saturated rings. The molecular weight excluding hydrogens is 193 g/mol. The summed E-state index contributed by atoms with van der Waals surface area (Å²) in [4.78, 5) is 0. The van der Waals surface area contributed by atoms with E-state index in [2.05, 4.69) is 5.73 Å². The zero-order valence-corrected chi connectivity index (χ0v) is 8.48. The van der Waals surface area contributed by atoms with Gasteiger partial charge in [-0.2, -0.15) is 13.2 Å². The fourth-order valence-corrected chi connectivity index (χ4v) is 1.13. The minimum atomic E-state index is -4.22. The second-order valence-corrected chi connectivity index (χ2v) is 3.73. The molecule has 5 heteroatoms. The first-order valence-electron chi connectivity index (χ1n) is 4.92. The van der Waals surface area contributed by atoms with Gasteiger partial charge in [0.2, 0.25) is 0 Å². The van der Waals surface area contributed by atoms with E-state index in [-0.39, 0.29) is 0 Å². The van der Waals surface area contributed by atoms with Crippen LogP contribution in [0.1, 0.15) is 39.0 Å². The largest absolute Gasteiger partial charge is 0.403 e. The third-order valence-electron chi connectivity index (χ3n) is 2.17. The molecule has 0 saturated heterocycles. The van der Waals surface area contributed by atoms with E-state index in [9.17, 15) is 13.2 Å². The van der Waals surface area contributed by atoms with Gasteiger partial charge in [0.1, 0.15) is 0 Å². The van der Waals surface area contributed by atoms with Gasteiger partial charge in [-0.25, -0.2) is 0 Å². The molecule has 0 bridgehead atoms. The average Bonchev–Trinajstić information content (AvgIpc) is 2.04. The zero-order valence-electron chi connectivity index (χ0n) is 8.48. The van der Waals surface area contributed by atoms with Crippen molar-refractivity contribution >= 4 is 0 Å². The van der Waals surface area contributed by atoms with Gasteiger partial charge < -0.3 is 11.5 Å². The highest BCUT2D eigenvalue weighted by molar-refractivity contribution is 4.66. The molecule has 0 aliphatic heterocycles. The first kappa shape index (κ1) is 13.7. The van der Waals surface area contributed by atoms with Crippen molar-refractivity contribution < 1.29 is 13.2 Å². The number of halogens is 3. The fraction of sp³-hybridized carbons (Fsp3) is 1.00. The molecule has 1 saturated carbocycles. The SMILES string of the molecule is CC(N)C(F)(F)F.NC1CCCCC1. The lowest BCUT2D eigenvalue weighted by atomic mass is 9.97. The molecule has 1 atom stereocenters. The Balaban J connectivity index is 0.000000241. The Morgan fingerprint density at radius 1 is 1.14 bits per heavy atom. The molecule has 0 amide bonds. The van der Waals surface area contributed by atoms with Crippen LogP contribution in [-0.2, 0) is 0 Å². The van der Waals surface area contributed by atoms with E-state index in [1.165, 1.54) is 32.1 Å². The Kier molecular flexibility index (Phi) is 6.11. The van der Waals surface area contributed by atoms with Crippen molar-refractivity contribution in [2.75, 3.05) is 0 Å². The van der Waals surface area contributed by atoms with Crippen LogP contribution in [0.4, 0.5) is 13.2 Å². The van der Waals surface area contributed by atoms with Gasteiger partial charge >= 0.3 is 6.18 Å². The predicted octanol–water partition coefficient (Wildman–Crippen LogP) is 2.17. The highest BCUT2D eigenvalue weighted by Gasteiger charge is 2.32. The smallest absolute Gasteiger partial charge is 0.328 e. The summed E-state index contributed by atoms with van der Waals surface area (Å²) in [6, 6.07) is -1.17. The number of hydrogen-bond donors (Lipinski definition) is 2. The van der Waals surface area contributed by atoms with Crippen molar-refractivity contribution in [3.63, 3.8) is 0 Å². The lowest BCUT2D eigenvalue weighted by Crippen LogP contribution is -2.33. The van der Waals surface area contributed by atoms with E-state index < -0.39 is 12.2 Å². The van der Waals surface area contributed by atoms with Crippen LogP contribution in [-0.4, -0.2) is 18.3 Å². The topological polar surface area (TPSA) is 52.0 Å². The summed E-state index contributed by atoms with van der Waals surface area (Å²) >= 11 is 0. The van der Waals surface area contributed by atoms with Crippen LogP contribution in [0.3, 0.4) is 0 Å². The second kappa shape index (κ2) is 6.24. The predicted molar refractivity (Wildman–Crippen MR) is 50.8 cm³/mol. The third-order valence-corrected chi connectivity index (χ3v) is 2.17. The molecule has 2 nitrogen and oxygen atoms in total. The maximum atomic E-state index is 11.1. The Labute approximate surface area is 82.8 Å². The minimum absolute atomic E-state index is 0.536. The molecule has 14 heavy (non-hydrogen) atoms. The second-order valence-electron chi connectivity index (χ2n) is 3.73. The van der Waals surface area contributed by atoms with E-state index in [1.54, 1.807) is 0 Å². The van der Waals surface area contributed by atoms with Crippen LogP contribution < -0.4 is 11.5 Å². The van der Waals surface area contributed by atoms with Gasteiger partial charge in [-0.1, -0.05) is 19.3 Å². The fourth-order valence-electron chi connectivity index (χ4n) is 1.13. The van der Waals surface area contributed by atoms with Crippen LogP contribution in [0.2, 0.25) is 0 Å². The normalized spacial score (nSPS) is 21.0. The van der Waals surface area contributed by atoms with E-state index in [0.29, 0.717) is 6.04 Å². The molecule has 0 heterocycles. The van der Waals surface area contributed by atoms with Crippen molar-refractivity contribution in [3.05, 3.63) is 0 Å². The monoisotopic (exact) mass is 212 g/mol. The van der Waals surface area contributed by atoms with Gasteiger partial charge in [0.05, 0.1) is 6.04 Å². The first-order valence-corrected chi connectivity index (χ1v) is 4.92. The van der Waals surface area contributed by atoms with Gasteiger partial charge in [0.15, 0.2) is 0 Å². The summed E-state index contributed by atoms with van der Waals surface area (Å²) < 4.78 is 33.2.